The fourth-order valence-corrected chi connectivity index (χ4v) is 2.67. The van der Waals surface area contributed by atoms with Crippen molar-refractivity contribution in [2.24, 2.45) is 5.92 Å². The Morgan fingerprint density at radius 3 is 2.89 bits per heavy atom. The van der Waals surface area contributed by atoms with Crippen molar-refractivity contribution >= 4 is 29.1 Å². The average molecular weight is 298 g/mol. The fraction of sp³-hybridized carbons (Fsp3) is 0.385. The lowest BCUT2D eigenvalue weighted by atomic mass is 10.1. The van der Waals surface area contributed by atoms with E-state index in [1.807, 2.05) is 12.1 Å². The van der Waals surface area contributed by atoms with Crippen molar-refractivity contribution in [3.05, 3.63) is 34.9 Å². The molecule has 0 bridgehead atoms. The van der Waals surface area contributed by atoms with Crippen molar-refractivity contribution in [2.45, 2.75) is 30.9 Å². The van der Waals surface area contributed by atoms with Crippen LogP contribution in [0.3, 0.4) is 0 Å². The van der Waals surface area contributed by atoms with Gasteiger partial charge >= 0.3 is 0 Å². The highest BCUT2D eigenvalue weighted by Crippen LogP contribution is 2.30. The zero-order chi connectivity index (χ0) is 13.8. The molecule has 0 saturated heterocycles. The highest BCUT2D eigenvalue weighted by Gasteiger charge is 2.09. The minimum absolute atomic E-state index is 0.507. The van der Waals surface area contributed by atoms with Crippen LogP contribution in [0.15, 0.2) is 27.6 Å². The molecule has 6 heteroatoms. The molecule has 0 aliphatic carbocycles. The third kappa shape index (κ3) is 4.14. The van der Waals surface area contributed by atoms with E-state index in [2.05, 4.69) is 24.0 Å². The summed E-state index contributed by atoms with van der Waals surface area (Å²) < 4.78 is 5.19. The standard InChI is InChI=1S/C13H16ClN3OS/c1-8(2)5-13-16-12(17-18-13)7-19-11-4-3-9(15)6-10(11)14/h3-4,6,8H,5,7,15H2,1-2H3. The Morgan fingerprint density at radius 2 is 2.21 bits per heavy atom. The summed E-state index contributed by atoms with van der Waals surface area (Å²) in [5, 5.41) is 4.61. The van der Waals surface area contributed by atoms with Gasteiger partial charge in [-0.1, -0.05) is 30.6 Å². The molecule has 0 spiro atoms. The van der Waals surface area contributed by atoms with Crippen LogP contribution in [-0.2, 0) is 12.2 Å². The van der Waals surface area contributed by atoms with Gasteiger partial charge in [0.05, 0.1) is 10.8 Å². The van der Waals surface area contributed by atoms with E-state index in [-0.39, 0.29) is 0 Å². The van der Waals surface area contributed by atoms with Crippen LogP contribution in [-0.4, -0.2) is 10.1 Å². The normalized spacial score (nSPS) is 11.2. The minimum Gasteiger partial charge on any atom is -0.399 e. The molecule has 19 heavy (non-hydrogen) atoms. The molecule has 0 fully saturated rings. The molecule has 0 amide bonds. The first-order chi connectivity index (χ1) is 9.04. The van der Waals surface area contributed by atoms with Gasteiger partial charge in [0, 0.05) is 17.0 Å². The van der Waals surface area contributed by atoms with Gasteiger partial charge in [0.1, 0.15) is 0 Å². The lowest BCUT2D eigenvalue weighted by Crippen LogP contribution is -1.94. The van der Waals surface area contributed by atoms with Crippen LogP contribution >= 0.6 is 23.4 Å². The maximum absolute atomic E-state index is 6.10. The number of nitrogens with zero attached hydrogens (tertiary/aromatic N) is 2. The Balaban J connectivity index is 1.96. The second-order valence-electron chi connectivity index (χ2n) is 4.68. The monoisotopic (exact) mass is 297 g/mol. The predicted octanol–water partition coefficient (Wildman–Crippen LogP) is 3.80. The molecule has 0 aliphatic heterocycles. The molecular weight excluding hydrogens is 282 g/mol. The van der Waals surface area contributed by atoms with E-state index in [1.54, 1.807) is 17.8 Å². The topological polar surface area (TPSA) is 64.9 Å². The van der Waals surface area contributed by atoms with Gasteiger partial charge in [-0.3, -0.25) is 0 Å². The number of halogens is 1. The third-order valence-electron chi connectivity index (χ3n) is 2.41. The highest BCUT2D eigenvalue weighted by atomic mass is 35.5. The summed E-state index contributed by atoms with van der Waals surface area (Å²) in [5.74, 6) is 2.51. The minimum atomic E-state index is 0.507. The Kier molecular flexibility index (Phi) is 4.71. The average Bonchev–Trinajstić information content (AvgIpc) is 2.74. The smallest absolute Gasteiger partial charge is 0.226 e. The summed E-state index contributed by atoms with van der Waals surface area (Å²) in [6.45, 7) is 4.24. The van der Waals surface area contributed by atoms with Crippen LogP contribution in [0.1, 0.15) is 25.6 Å². The number of hydrogen-bond acceptors (Lipinski definition) is 5. The predicted molar refractivity (Wildman–Crippen MR) is 78.3 cm³/mol. The molecular formula is C13H16ClN3OS. The number of hydrogen-bond donors (Lipinski definition) is 1. The lowest BCUT2D eigenvalue weighted by molar-refractivity contribution is 0.360. The van der Waals surface area contributed by atoms with E-state index >= 15 is 0 Å². The first kappa shape index (κ1) is 14.2. The summed E-state index contributed by atoms with van der Waals surface area (Å²) in [4.78, 5) is 5.31. The number of anilines is 1. The summed E-state index contributed by atoms with van der Waals surface area (Å²) in [7, 11) is 0. The van der Waals surface area contributed by atoms with Gasteiger partial charge < -0.3 is 10.3 Å². The Labute approximate surface area is 121 Å². The number of benzene rings is 1. The lowest BCUT2D eigenvalue weighted by Gasteiger charge is -2.02. The van der Waals surface area contributed by atoms with Crippen LogP contribution in [0.5, 0.6) is 0 Å². The summed E-state index contributed by atoms with van der Waals surface area (Å²) >= 11 is 7.67. The van der Waals surface area contributed by atoms with Crippen molar-refractivity contribution in [1.29, 1.82) is 0 Å². The second-order valence-corrected chi connectivity index (χ2v) is 6.11. The van der Waals surface area contributed by atoms with Crippen molar-refractivity contribution in [3.8, 4) is 0 Å². The summed E-state index contributed by atoms with van der Waals surface area (Å²) in [5.41, 5.74) is 6.31. The van der Waals surface area contributed by atoms with Crippen LogP contribution in [0, 0.1) is 5.92 Å². The van der Waals surface area contributed by atoms with Crippen molar-refractivity contribution < 1.29 is 4.52 Å². The zero-order valence-electron chi connectivity index (χ0n) is 10.9. The van der Waals surface area contributed by atoms with Crippen molar-refractivity contribution in [2.75, 3.05) is 5.73 Å². The SMILES string of the molecule is CC(C)Cc1nc(CSc2ccc(N)cc2Cl)no1. The van der Waals surface area contributed by atoms with Gasteiger partial charge in [0.2, 0.25) is 5.89 Å². The number of aromatic nitrogens is 2. The highest BCUT2D eigenvalue weighted by molar-refractivity contribution is 7.98. The number of nitrogens with two attached hydrogens (primary N) is 1. The molecule has 0 saturated carbocycles. The molecule has 1 heterocycles. The van der Waals surface area contributed by atoms with Gasteiger partial charge in [-0.15, -0.1) is 11.8 Å². The van der Waals surface area contributed by atoms with Crippen LogP contribution < -0.4 is 5.73 Å². The molecule has 2 rings (SSSR count). The molecule has 0 radical (unpaired) electrons. The summed E-state index contributed by atoms with van der Waals surface area (Å²) in [6, 6.07) is 5.47. The number of rotatable bonds is 5. The van der Waals surface area contributed by atoms with Gasteiger partial charge in [0.25, 0.3) is 0 Å². The van der Waals surface area contributed by atoms with Crippen molar-refractivity contribution in [3.63, 3.8) is 0 Å². The zero-order valence-corrected chi connectivity index (χ0v) is 12.5. The molecule has 0 aliphatic rings. The van der Waals surface area contributed by atoms with E-state index in [0.29, 0.717) is 34.1 Å². The van der Waals surface area contributed by atoms with E-state index in [1.165, 1.54) is 0 Å². The van der Waals surface area contributed by atoms with E-state index in [9.17, 15) is 0 Å². The molecule has 1 aromatic carbocycles. The van der Waals surface area contributed by atoms with Gasteiger partial charge in [-0.2, -0.15) is 4.98 Å². The van der Waals surface area contributed by atoms with Crippen LogP contribution in [0.4, 0.5) is 5.69 Å². The number of nitrogen functional groups attached to an aromatic ring is 1. The molecule has 0 unspecified atom stereocenters. The fourth-order valence-electron chi connectivity index (χ4n) is 1.56. The van der Waals surface area contributed by atoms with Gasteiger partial charge in [0.15, 0.2) is 5.82 Å². The Bertz CT molecular complexity index is 557. The van der Waals surface area contributed by atoms with Gasteiger partial charge in [-0.05, 0) is 24.1 Å². The molecule has 2 N–H and O–H groups in total. The molecule has 4 nitrogen and oxygen atoms in total. The maximum atomic E-state index is 6.10. The summed E-state index contributed by atoms with van der Waals surface area (Å²) in [6.07, 6.45) is 0.806. The largest absolute Gasteiger partial charge is 0.399 e. The number of thioether (sulfide) groups is 1. The first-order valence-corrected chi connectivity index (χ1v) is 7.40. The third-order valence-corrected chi connectivity index (χ3v) is 3.90. The second kappa shape index (κ2) is 6.30. The van der Waals surface area contributed by atoms with Crippen LogP contribution in [0.25, 0.3) is 0 Å². The Morgan fingerprint density at radius 1 is 1.42 bits per heavy atom. The van der Waals surface area contributed by atoms with E-state index in [4.69, 9.17) is 21.9 Å². The maximum Gasteiger partial charge on any atom is 0.226 e. The molecule has 0 atom stereocenters. The van der Waals surface area contributed by atoms with E-state index < -0.39 is 0 Å². The Hall–Kier alpha value is -1.20. The van der Waals surface area contributed by atoms with Gasteiger partial charge in [-0.25, -0.2) is 0 Å². The quantitative estimate of drug-likeness (QED) is 0.672. The molecule has 102 valence electrons. The molecule has 2 aromatic rings. The van der Waals surface area contributed by atoms with Crippen molar-refractivity contribution in [1.82, 2.24) is 10.1 Å². The molecule has 1 aromatic heterocycles. The van der Waals surface area contributed by atoms with E-state index in [0.717, 1.165) is 11.3 Å². The van der Waals surface area contributed by atoms with Crippen LogP contribution in [0.2, 0.25) is 5.02 Å². The first-order valence-electron chi connectivity index (χ1n) is 6.04.